The van der Waals surface area contributed by atoms with Crippen molar-refractivity contribution in [3.63, 3.8) is 0 Å². The average molecular weight is 394 g/mol. The van der Waals surface area contributed by atoms with Crippen molar-refractivity contribution < 1.29 is 24.2 Å². The fourth-order valence-electron chi connectivity index (χ4n) is 3.61. The van der Waals surface area contributed by atoms with Crippen LogP contribution in [0.1, 0.15) is 46.1 Å². The number of para-hydroxylation sites is 1. The van der Waals surface area contributed by atoms with Gasteiger partial charge < -0.3 is 19.5 Å². The fourth-order valence-corrected chi connectivity index (χ4v) is 3.83. The monoisotopic (exact) mass is 393 g/mol. The van der Waals surface area contributed by atoms with Crippen LogP contribution in [0.25, 0.3) is 5.76 Å². The summed E-state index contributed by atoms with van der Waals surface area (Å²) in [6.07, 6.45) is 0.315. The summed E-state index contributed by atoms with van der Waals surface area (Å²) in [7, 11) is 0. The topological polar surface area (TPSA) is 76.1 Å². The number of carbonyl (C=O) groups is 2. The lowest BCUT2D eigenvalue weighted by Gasteiger charge is -2.45. The first-order valence-corrected chi connectivity index (χ1v) is 9.32. The highest BCUT2D eigenvalue weighted by Gasteiger charge is 2.48. The summed E-state index contributed by atoms with van der Waals surface area (Å²) in [5, 5.41) is 11.1. The number of rotatable bonds is 1. The third-order valence-electron chi connectivity index (χ3n) is 4.79. The van der Waals surface area contributed by atoms with Crippen molar-refractivity contribution in [1.29, 1.82) is 0 Å². The number of piperidine rings is 1. The minimum absolute atomic E-state index is 0.100. The zero-order chi connectivity index (χ0) is 20.0. The molecule has 1 aromatic rings. The maximum absolute atomic E-state index is 12.3. The molecule has 0 unspecified atom stereocenters. The van der Waals surface area contributed by atoms with Crippen LogP contribution < -0.4 is 4.74 Å². The number of aliphatic hydroxyl groups excluding tert-OH is 1. The van der Waals surface area contributed by atoms with Gasteiger partial charge in [-0.25, -0.2) is 4.79 Å². The molecule has 1 saturated heterocycles. The molecule has 3 rings (SSSR count). The maximum atomic E-state index is 12.3. The van der Waals surface area contributed by atoms with Crippen LogP contribution in [0.15, 0.2) is 23.8 Å². The quantitative estimate of drug-likeness (QED) is 0.767. The van der Waals surface area contributed by atoms with E-state index in [1.54, 1.807) is 23.1 Å². The van der Waals surface area contributed by atoms with Gasteiger partial charge in [0.15, 0.2) is 5.78 Å². The number of aliphatic hydroxyl groups is 1. The molecule has 0 radical (unpaired) electrons. The number of benzene rings is 1. The number of likely N-dealkylation sites (tertiary alicyclic amines) is 1. The predicted octanol–water partition coefficient (Wildman–Crippen LogP) is 4.36. The van der Waals surface area contributed by atoms with Crippen molar-refractivity contribution >= 4 is 29.2 Å². The number of halogens is 1. The van der Waals surface area contributed by atoms with Gasteiger partial charge in [-0.3, -0.25) is 4.79 Å². The van der Waals surface area contributed by atoms with Gasteiger partial charge in [0, 0.05) is 25.9 Å². The van der Waals surface area contributed by atoms with E-state index in [4.69, 9.17) is 21.1 Å². The van der Waals surface area contributed by atoms with Crippen LogP contribution >= 0.6 is 11.6 Å². The van der Waals surface area contributed by atoms with Gasteiger partial charge in [0.05, 0.1) is 16.2 Å². The molecule has 0 aliphatic carbocycles. The number of hydrogen-bond acceptors (Lipinski definition) is 5. The molecule has 27 heavy (non-hydrogen) atoms. The molecule has 1 N–H and O–H groups in total. The van der Waals surface area contributed by atoms with Crippen molar-refractivity contribution in [2.45, 2.75) is 51.7 Å². The number of fused-ring (bicyclic) bond motifs is 1. The van der Waals surface area contributed by atoms with Gasteiger partial charge in [0.25, 0.3) is 0 Å². The van der Waals surface area contributed by atoms with Crippen molar-refractivity contribution in [1.82, 2.24) is 4.90 Å². The van der Waals surface area contributed by atoms with E-state index in [1.807, 2.05) is 20.8 Å². The lowest BCUT2D eigenvalue weighted by atomic mass is 9.78. The van der Waals surface area contributed by atoms with Crippen molar-refractivity contribution in [3.8, 4) is 5.75 Å². The molecule has 0 atom stereocenters. The van der Waals surface area contributed by atoms with Crippen molar-refractivity contribution in [2.75, 3.05) is 13.1 Å². The molecule has 146 valence electrons. The summed E-state index contributed by atoms with van der Waals surface area (Å²) >= 11 is 6.26. The minimum atomic E-state index is -1.01. The standard InChI is InChI=1S/C20H24ClNO5/c1-12(23)15-16(24)13-6-5-7-14(21)17(13)26-20(15)8-10-22(11-9-20)18(25)27-19(2,3)4/h5-7,24H,8-11H2,1-4H3. The summed E-state index contributed by atoms with van der Waals surface area (Å²) < 4.78 is 11.6. The van der Waals surface area contributed by atoms with E-state index in [9.17, 15) is 14.7 Å². The Morgan fingerprint density at radius 2 is 1.89 bits per heavy atom. The Balaban J connectivity index is 1.91. The Kier molecular flexibility index (Phi) is 4.89. The number of amides is 1. The normalized spacial score (nSPS) is 18.8. The zero-order valence-corrected chi connectivity index (χ0v) is 16.7. The van der Waals surface area contributed by atoms with E-state index < -0.39 is 17.3 Å². The van der Waals surface area contributed by atoms with Gasteiger partial charge >= 0.3 is 6.09 Å². The summed E-state index contributed by atoms with van der Waals surface area (Å²) in [6.45, 7) is 7.54. The van der Waals surface area contributed by atoms with Crippen LogP contribution in [-0.4, -0.2) is 46.2 Å². The largest absolute Gasteiger partial charge is 0.507 e. The number of carbonyl (C=O) groups excluding carboxylic acids is 2. The second-order valence-corrected chi connectivity index (χ2v) is 8.37. The first kappa shape index (κ1) is 19.5. The molecular formula is C20H24ClNO5. The Morgan fingerprint density at radius 1 is 1.26 bits per heavy atom. The highest BCUT2D eigenvalue weighted by Crippen LogP contribution is 2.47. The Morgan fingerprint density at radius 3 is 2.44 bits per heavy atom. The highest BCUT2D eigenvalue weighted by atomic mass is 35.5. The predicted molar refractivity (Wildman–Crippen MR) is 102 cm³/mol. The Bertz CT molecular complexity index is 816. The number of ketones is 1. The molecular weight excluding hydrogens is 370 g/mol. The smallest absolute Gasteiger partial charge is 0.410 e. The Labute approximate surface area is 163 Å². The molecule has 2 aliphatic heterocycles. The van der Waals surface area contributed by atoms with Crippen LogP contribution in [0.5, 0.6) is 5.75 Å². The number of Topliss-reactive ketones (excluding diaryl/α,β-unsaturated/α-hetero) is 1. The van der Waals surface area contributed by atoms with Gasteiger partial charge in [0.2, 0.25) is 0 Å². The Hall–Kier alpha value is -2.21. The molecule has 0 aromatic heterocycles. The average Bonchev–Trinajstić information content (AvgIpc) is 2.55. The lowest BCUT2D eigenvalue weighted by molar-refractivity contribution is -0.116. The highest BCUT2D eigenvalue weighted by molar-refractivity contribution is 6.32. The zero-order valence-electron chi connectivity index (χ0n) is 16.0. The van der Waals surface area contributed by atoms with Crippen LogP contribution in [0, 0.1) is 0 Å². The molecule has 1 spiro atoms. The molecule has 7 heteroatoms. The number of nitrogens with zero attached hydrogens (tertiary/aromatic N) is 1. The van der Waals surface area contributed by atoms with Crippen molar-refractivity contribution in [3.05, 3.63) is 34.4 Å². The molecule has 2 aliphatic rings. The van der Waals surface area contributed by atoms with E-state index in [2.05, 4.69) is 0 Å². The lowest BCUT2D eigenvalue weighted by Crippen LogP contribution is -2.54. The SMILES string of the molecule is CC(=O)C1=C(O)c2cccc(Cl)c2OC12CCN(C(=O)OC(C)(C)C)CC2. The molecule has 1 fully saturated rings. The maximum Gasteiger partial charge on any atom is 0.410 e. The van der Waals surface area contributed by atoms with Gasteiger partial charge in [-0.05, 0) is 39.8 Å². The van der Waals surface area contributed by atoms with Crippen LogP contribution in [0.2, 0.25) is 5.02 Å². The van der Waals surface area contributed by atoms with Gasteiger partial charge in [-0.1, -0.05) is 17.7 Å². The fraction of sp³-hybridized carbons (Fsp3) is 0.500. The molecule has 1 amide bonds. The number of hydrogen-bond donors (Lipinski definition) is 1. The second-order valence-electron chi connectivity index (χ2n) is 7.96. The summed E-state index contributed by atoms with van der Waals surface area (Å²) in [6, 6.07) is 5.04. The van der Waals surface area contributed by atoms with Gasteiger partial charge in [0.1, 0.15) is 22.7 Å². The number of ether oxygens (including phenoxy) is 2. The van der Waals surface area contributed by atoms with Crippen LogP contribution in [0.4, 0.5) is 4.79 Å². The summed E-state index contributed by atoms with van der Waals surface area (Å²) in [5.41, 5.74) is -0.941. The van der Waals surface area contributed by atoms with Gasteiger partial charge in [-0.15, -0.1) is 0 Å². The molecule has 1 aromatic carbocycles. The van der Waals surface area contributed by atoms with E-state index in [0.717, 1.165) is 0 Å². The third-order valence-corrected chi connectivity index (χ3v) is 5.08. The first-order valence-electron chi connectivity index (χ1n) is 8.94. The molecule has 0 saturated carbocycles. The summed E-state index contributed by atoms with van der Waals surface area (Å²) in [4.78, 5) is 26.3. The van der Waals surface area contributed by atoms with E-state index >= 15 is 0 Å². The van der Waals surface area contributed by atoms with Crippen molar-refractivity contribution in [2.24, 2.45) is 0 Å². The van der Waals surface area contributed by atoms with E-state index in [1.165, 1.54) is 6.92 Å². The second kappa shape index (κ2) is 6.75. The minimum Gasteiger partial charge on any atom is -0.507 e. The molecule has 0 bridgehead atoms. The molecule has 2 heterocycles. The third kappa shape index (κ3) is 3.63. The summed E-state index contributed by atoms with van der Waals surface area (Å²) in [5.74, 6) is 0.00759. The van der Waals surface area contributed by atoms with E-state index in [0.29, 0.717) is 42.3 Å². The first-order chi connectivity index (χ1) is 12.5. The van der Waals surface area contributed by atoms with Crippen LogP contribution in [-0.2, 0) is 9.53 Å². The van der Waals surface area contributed by atoms with E-state index in [-0.39, 0.29) is 17.1 Å². The molecule has 6 nitrogen and oxygen atoms in total. The van der Waals surface area contributed by atoms with Crippen LogP contribution in [0.3, 0.4) is 0 Å². The van der Waals surface area contributed by atoms with Gasteiger partial charge in [-0.2, -0.15) is 0 Å².